The Morgan fingerprint density at radius 3 is 2.31 bits per heavy atom. The highest BCUT2D eigenvalue weighted by atomic mass is 16.5. The Hall–Kier alpha value is -4.25. The molecule has 2 aromatic rings. The maximum atomic E-state index is 12.3. The zero-order chi connectivity index (χ0) is 33.3. The lowest BCUT2D eigenvalue weighted by Gasteiger charge is -2.47. The van der Waals surface area contributed by atoms with Crippen LogP contribution < -0.4 is 32.2 Å². The summed E-state index contributed by atoms with van der Waals surface area (Å²) >= 11 is 0. The van der Waals surface area contributed by atoms with Crippen LogP contribution in [0.15, 0.2) is 60.3 Å². The number of aldehydes is 1. The summed E-state index contributed by atoms with van der Waals surface area (Å²) in [7, 11) is 5.35. The maximum Gasteiger partial charge on any atom is 0.242 e. The highest BCUT2D eigenvalue weighted by molar-refractivity contribution is 5.85. The maximum absolute atomic E-state index is 12.3. The smallest absolute Gasteiger partial charge is 0.242 e. The van der Waals surface area contributed by atoms with Gasteiger partial charge in [-0.15, -0.1) is 0 Å². The predicted molar refractivity (Wildman–Crippen MR) is 181 cm³/mol. The number of allylic oxidation sites excluding steroid dienone is 3. The second-order valence-electron chi connectivity index (χ2n) is 12.2. The van der Waals surface area contributed by atoms with E-state index in [1.165, 1.54) is 12.5 Å². The standard InChI is InChI=1S/C32H48N8O2.C2H4O/c1-21(2)28(33)18-27(31(34)35)24-19-37-39(20-24)25-12-16-40(17-13-25)14-10-23(11-15-40)26-8-7-9-29(30(26)42-6)38(5)22(3)32(41)36-4;1-2-3/h7-9,18-20,22-23,25H,1,10-17,33-35H2,2-6H3;2H,1H3/p+1/b28-18-;. The normalized spacial score (nSPS) is 22.0. The molecule has 2 saturated heterocycles. The molecule has 0 bridgehead atoms. The number of nitrogens with two attached hydrogens (primary N) is 3. The molecule has 3 heterocycles. The third-order valence-corrected chi connectivity index (χ3v) is 9.42. The van der Waals surface area contributed by atoms with Crippen LogP contribution in [0.4, 0.5) is 5.69 Å². The van der Waals surface area contributed by atoms with Gasteiger partial charge in [0.25, 0.3) is 0 Å². The van der Waals surface area contributed by atoms with Crippen molar-refractivity contribution in [3.8, 4) is 5.75 Å². The van der Waals surface area contributed by atoms with E-state index in [0.29, 0.717) is 23.2 Å². The van der Waals surface area contributed by atoms with Crippen molar-refractivity contribution in [3.63, 3.8) is 0 Å². The van der Waals surface area contributed by atoms with Crippen LogP contribution >= 0.6 is 0 Å². The minimum atomic E-state index is -0.298. The molecule has 4 rings (SSSR count). The third kappa shape index (κ3) is 8.27. The summed E-state index contributed by atoms with van der Waals surface area (Å²) in [6.07, 6.45) is 10.8. The molecule has 0 aliphatic carbocycles. The molecular weight excluding hydrogens is 568 g/mol. The number of hydrogen-bond acceptors (Lipinski definition) is 8. The van der Waals surface area contributed by atoms with E-state index in [9.17, 15) is 4.79 Å². The van der Waals surface area contributed by atoms with E-state index in [-0.39, 0.29) is 17.8 Å². The monoisotopic (exact) mass is 621 g/mol. The summed E-state index contributed by atoms with van der Waals surface area (Å²) < 4.78 is 9.19. The second kappa shape index (κ2) is 15.7. The fraction of sp³-hybridized carbons (Fsp3) is 0.500. The minimum absolute atomic E-state index is 0.0199. The number of piperidine rings is 2. The number of rotatable bonds is 9. The van der Waals surface area contributed by atoms with Crippen LogP contribution in [0.25, 0.3) is 5.57 Å². The quantitative estimate of drug-likeness (QED) is 0.189. The summed E-state index contributed by atoms with van der Waals surface area (Å²) in [5.41, 5.74) is 23.1. The minimum Gasteiger partial charge on any atom is -0.494 e. The predicted octanol–water partition coefficient (Wildman–Crippen LogP) is 3.40. The molecule has 2 aliphatic rings. The van der Waals surface area contributed by atoms with Gasteiger partial charge < -0.3 is 41.4 Å². The Morgan fingerprint density at radius 2 is 1.78 bits per heavy atom. The molecule has 11 nitrogen and oxygen atoms in total. The van der Waals surface area contributed by atoms with Gasteiger partial charge in [0, 0.05) is 62.8 Å². The Bertz CT molecular complexity index is 1390. The second-order valence-corrected chi connectivity index (χ2v) is 12.2. The zero-order valence-corrected chi connectivity index (χ0v) is 27.9. The lowest BCUT2D eigenvalue weighted by molar-refractivity contribution is -0.937. The van der Waals surface area contributed by atoms with Crippen LogP contribution in [0, 0.1) is 0 Å². The molecule has 1 spiro atoms. The highest BCUT2D eigenvalue weighted by Crippen LogP contribution is 2.42. The number of hydrogen-bond donors (Lipinski definition) is 4. The van der Waals surface area contributed by atoms with Gasteiger partial charge in [-0.1, -0.05) is 18.7 Å². The molecular formula is C34H53N8O3+. The molecule has 1 amide bonds. The van der Waals surface area contributed by atoms with Gasteiger partial charge >= 0.3 is 0 Å². The number of quaternary nitrogens is 1. The number of amides is 1. The Labute approximate surface area is 268 Å². The van der Waals surface area contributed by atoms with Crippen molar-refractivity contribution in [2.45, 2.75) is 64.5 Å². The average molecular weight is 622 g/mol. The van der Waals surface area contributed by atoms with Crippen LogP contribution in [0.2, 0.25) is 0 Å². The Kier molecular flexibility index (Phi) is 12.3. The lowest BCUT2D eigenvalue weighted by Crippen LogP contribution is -2.56. The number of carbonyl (C=O) groups is 2. The van der Waals surface area contributed by atoms with Crippen LogP contribution in [-0.2, 0) is 9.59 Å². The van der Waals surface area contributed by atoms with Crippen molar-refractivity contribution in [3.05, 3.63) is 71.5 Å². The topological polar surface area (TPSA) is 155 Å². The van der Waals surface area contributed by atoms with E-state index in [0.717, 1.165) is 85.2 Å². The summed E-state index contributed by atoms with van der Waals surface area (Å²) in [5, 5.41) is 7.43. The number of anilines is 1. The van der Waals surface area contributed by atoms with Gasteiger partial charge in [0.1, 0.15) is 23.9 Å². The van der Waals surface area contributed by atoms with Crippen molar-refractivity contribution in [2.75, 3.05) is 52.3 Å². The summed E-state index contributed by atoms with van der Waals surface area (Å²) in [4.78, 5) is 23.1. The molecule has 1 aromatic heterocycles. The zero-order valence-electron chi connectivity index (χ0n) is 27.9. The van der Waals surface area contributed by atoms with Gasteiger partial charge in [-0.3, -0.25) is 9.48 Å². The third-order valence-electron chi connectivity index (χ3n) is 9.42. The number of nitrogens with zero attached hydrogens (tertiary/aromatic N) is 4. The van der Waals surface area contributed by atoms with Gasteiger partial charge in [0.2, 0.25) is 5.91 Å². The summed E-state index contributed by atoms with van der Waals surface area (Å²) in [5.74, 6) is 1.51. The summed E-state index contributed by atoms with van der Waals surface area (Å²) in [6.45, 7) is 13.7. The van der Waals surface area contributed by atoms with E-state index < -0.39 is 0 Å². The van der Waals surface area contributed by atoms with Gasteiger partial charge in [-0.05, 0) is 50.0 Å². The van der Waals surface area contributed by atoms with Gasteiger partial charge in [0.05, 0.1) is 51.2 Å². The van der Waals surface area contributed by atoms with Crippen molar-refractivity contribution >= 4 is 23.5 Å². The number of benzene rings is 1. The van der Waals surface area contributed by atoms with Crippen molar-refractivity contribution in [1.29, 1.82) is 0 Å². The molecule has 0 radical (unpaired) electrons. The number of aromatic nitrogens is 2. The van der Waals surface area contributed by atoms with Gasteiger partial charge in [-0.25, -0.2) is 0 Å². The van der Waals surface area contributed by atoms with E-state index in [4.69, 9.17) is 26.7 Å². The molecule has 0 saturated carbocycles. The fourth-order valence-corrected chi connectivity index (χ4v) is 6.49. The average Bonchev–Trinajstić information content (AvgIpc) is 3.52. The van der Waals surface area contributed by atoms with Crippen molar-refractivity contribution in [1.82, 2.24) is 15.1 Å². The van der Waals surface area contributed by atoms with Gasteiger partial charge in [0.15, 0.2) is 0 Å². The largest absolute Gasteiger partial charge is 0.494 e. The number of likely N-dealkylation sites (N-methyl/N-ethyl adjacent to an activating group) is 2. The number of para-hydroxylation sites is 1. The first-order valence-electron chi connectivity index (χ1n) is 15.7. The molecule has 11 heteroatoms. The van der Waals surface area contributed by atoms with Gasteiger partial charge in [-0.2, -0.15) is 5.10 Å². The summed E-state index contributed by atoms with van der Waals surface area (Å²) in [6, 6.07) is 6.37. The first-order chi connectivity index (χ1) is 21.4. The lowest BCUT2D eigenvalue weighted by atomic mass is 9.85. The Morgan fingerprint density at radius 1 is 1.18 bits per heavy atom. The van der Waals surface area contributed by atoms with Crippen molar-refractivity contribution in [2.24, 2.45) is 17.2 Å². The van der Waals surface area contributed by atoms with Crippen molar-refractivity contribution < 1.29 is 18.8 Å². The number of nitrogens with one attached hydrogen (secondary N) is 1. The SMILES string of the molecule is C=C(C)/C(N)=C/C(=C(N)N)c1cnn(C2CC[N+]3(CCC(c4cccc(N(C)C(C)C(=O)NC)c4OC)CC3)CC2)c1.CC=O. The molecule has 246 valence electrons. The van der Waals surface area contributed by atoms with E-state index in [2.05, 4.69) is 33.8 Å². The molecule has 45 heavy (non-hydrogen) atoms. The number of ether oxygens (including phenoxy) is 1. The molecule has 2 aliphatic heterocycles. The number of carbonyl (C=O) groups excluding carboxylic acids is 2. The molecule has 7 N–H and O–H groups in total. The van der Waals surface area contributed by atoms with E-state index >= 15 is 0 Å². The molecule has 1 aromatic carbocycles. The van der Waals surface area contributed by atoms with Crippen LogP contribution in [-0.4, -0.2) is 79.9 Å². The van der Waals surface area contributed by atoms with Crippen LogP contribution in [0.3, 0.4) is 0 Å². The van der Waals surface area contributed by atoms with Crippen LogP contribution in [0.1, 0.15) is 69.5 Å². The highest BCUT2D eigenvalue weighted by Gasteiger charge is 2.39. The molecule has 1 atom stereocenters. The number of methoxy groups -OCH3 is 1. The molecule has 1 unspecified atom stereocenters. The molecule has 2 fully saturated rings. The van der Waals surface area contributed by atoms with Crippen LogP contribution in [0.5, 0.6) is 5.75 Å². The fourth-order valence-electron chi connectivity index (χ4n) is 6.49. The van der Waals surface area contributed by atoms with E-state index in [1.807, 2.05) is 44.3 Å². The first kappa shape index (κ1) is 35.2. The Balaban J connectivity index is 0.00000177. The first-order valence-corrected chi connectivity index (χ1v) is 15.7. The van der Waals surface area contributed by atoms with E-state index in [1.54, 1.807) is 20.2 Å².